The van der Waals surface area contributed by atoms with Gasteiger partial charge in [-0.15, -0.1) is 0 Å². The van der Waals surface area contributed by atoms with E-state index >= 15 is 0 Å². The molecule has 0 amide bonds. The molecule has 1 fully saturated rings. The molecule has 1 rings (SSSR count). The number of hydrogen-bond acceptors (Lipinski definition) is 4. The van der Waals surface area contributed by atoms with E-state index in [0.717, 1.165) is 49.6 Å². The monoisotopic (exact) mass is 378 g/mol. The van der Waals surface area contributed by atoms with Gasteiger partial charge in [-0.05, 0) is 71.5 Å². The Morgan fingerprint density at radius 1 is 0.960 bits per heavy atom. The van der Waals surface area contributed by atoms with Crippen LogP contribution in [0.15, 0.2) is 0 Å². The van der Waals surface area contributed by atoms with Crippen molar-refractivity contribution in [3.63, 3.8) is 0 Å². The molecule has 7 heteroatoms. The first kappa shape index (κ1) is 22.8. The molecule has 0 spiro atoms. The van der Waals surface area contributed by atoms with Gasteiger partial charge in [-0.3, -0.25) is 4.55 Å². The summed E-state index contributed by atoms with van der Waals surface area (Å²) in [6.07, 6.45) is 10.9. The third-order valence-electron chi connectivity index (χ3n) is 5.20. The van der Waals surface area contributed by atoms with Crippen LogP contribution in [0.5, 0.6) is 0 Å². The zero-order chi connectivity index (χ0) is 18.7. The van der Waals surface area contributed by atoms with Crippen LogP contribution in [0, 0.1) is 0 Å². The van der Waals surface area contributed by atoms with Crippen molar-refractivity contribution in [3.05, 3.63) is 0 Å². The maximum absolute atomic E-state index is 11.2. The number of nitrogens with zero attached hydrogens (tertiary/aromatic N) is 2. The lowest BCUT2D eigenvalue weighted by Gasteiger charge is -2.32. The largest absolute Gasteiger partial charge is 0.378 e. The van der Waals surface area contributed by atoms with Gasteiger partial charge in [0.25, 0.3) is 0 Å². The number of hydrogen-bond donors (Lipinski definition) is 1. The van der Waals surface area contributed by atoms with Gasteiger partial charge >= 0.3 is 10.3 Å². The average Bonchev–Trinajstić information content (AvgIpc) is 2.57. The van der Waals surface area contributed by atoms with Gasteiger partial charge < -0.3 is 9.64 Å². The lowest BCUT2D eigenvalue weighted by molar-refractivity contribution is 0.0150. The van der Waals surface area contributed by atoms with Crippen molar-refractivity contribution < 1.29 is 17.7 Å². The summed E-state index contributed by atoms with van der Waals surface area (Å²) < 4.78 is 38.4. The fourth-order valence-electron chi connectivity index (χ4n) is 3.42. The van der Waals surface area contributed by atoms with Crippen LogP contribution >= 0.6 is 0 Å². The van der Waals surface area contributed by atoms with Gasteiger partial charge in [0.05, 0.1) is 6.10 Å². The fourth-order valence-corrected chi connectivity index (χ4v) is 4.01. The Labute approximate surface area is 154 Å². The predicted octanol–water partition coefficient (Wildman–Crippen LogP) is 3.34. The Morgan fingerprint density at radius 2 is 1.56 bits per heavy atom. The first-order valence-electron chi connectivity index (χ1n) is 9.85. The molecule has 0 heterocycles. The topological polar surface area (TPSA) is 70.1 Å². The number of rotatable bonds is 13. The third-order valence-corrected chi connectivity index (χ3v) is 6.23. The van der Waals surface area contributed by atoms with Crippen molar-refractivity contribution in [2.45, 2.75) is 83.3 Å². The summed E-state index contributed by atoms with van der Waals surface area (Å²) in [6, 6.07) is -0.0990. The molecule has 1 saturated carbocycles. The summed E-state index contributed by atoms with van der Waals surface area (Å²) in [6.45, 7) is 5.39. The van der Waals surface area contributed by atoms with E-state index in [-0.39, 0.29) is 12.1 Å². The highest BCUT2D eigenvalue weighted by atomic mass is 32.2. The van der Waals surface area contributed by atoms with Gasteiger partial charge in [-0.2, -0.15) is 12.7 Å². The van der Waals surface area contributed by atoms with E-state index < -0.39 is 10.3 Å². The summed E-state index contributed by atoms with van der Waals surface area (Å²) >= 11 is 0. The van der Waals surface area contributed by atoms with Gasteiger partial charge in [0.15, 0.2) is 0 Å². The van der Waals surface area contributed by atoms with Crippen LogP contribution in [0.4, 0.5) is 0 Å². The minimum atomic E-state index is -4.07. The Balaban J connectivity index is 2.02. The lowest BCUT2D eigenvalue weighted by atomic mass is 9.93. The molecule has 1 aliphatic carbocycles. The quantitative estimate of drug-likeness (QED) is 0.393. The van der Waals surface area contributed by atoms with Gasteiger partial charge in [-0.25, -0.2) is 0 Å². The highest BCUT2D eigenvalue weighted by Gasteiger charge is 2.29. The normalized spacial score (nSPS) is 22.0. The zero-order valence-corrected chi connectivity index (χ0v) is 17.1. The summed E-state index contributed by atoms with van der Waals surface area (Å²) in [5.41, 5.74) is 0. The van der Waals surface area contributed by atoms with Crippen molar-refractivity contribution in [1.29, 1.82) is 0 Å². The Kier molecular flexibility index (Phi) is 11.2. The van der Waals surface area contributed by atoms with E-state index in [1.54, 1.807) is 0 Å². The van der Waals surface area contributed by atoms with Crippen molar-refractivity contribution in [2.24, 2.45) is 0 Å². The summed E-state index contributed by atoms with van der Waals surface area (Å²) in [7, 11) is -0.426. The smallest absolute Gasteiger partial charge is 0.335 e. The Hall–Kier alpha value is -0.210. The molecule has 25 heavy (non-hydrogen) atoms. The second-order valence-corrected chi connectivity index (χ2v) is 8.84. The first-order chi connectivity index (χ1) is 11.8. The minimum absolute atomic E-state index is 0.0990. The van der Waals surface area contributed by atoms with E-state index in [1.165, 1.54) is 45.7 Å². The van der Waals surface area contributed by atoms with E-state index in [0.29, 0.717) is 0 Å². The molecule has 0 atom stereocenters. The van der Waals surface area contributed by atoms with Gasteiger partial charge in [0, 0.05) is 19.7 Å². The third kappa shape index (κ3) is 9.89. The van der Waals surface area contributed by atoms with Crippen LogP contribution in [-0.2, 0) is 15.0 Å². The molecule has 0 aromatic carbocycles. The Morgan fingerprint density at radius 3 is 2.12 bits per heavy atom. The second kappa shape index (κ2) is 12.2. The molecule has 1 aliphatic rings. The van der Waals surface area contributed by atoms with Crippen LogP contribution in [0.3, 0.4) is 0 Å². The maximum atomic E-state index is 11.2. The Bertz CT molecular complexity index is 436. The molecule has 0 radical (unpaired) electrons. The molecule has 0 aromatic heterocycles. The van der Waals surface area contributed by atoms with Crippen LogP contribution in [0.25, 0.3) is 0 Å². The molecule has 0 saturated heterocycles. The zero-order valence-electron chi connectivity index (χ0n) is 16.3. The molecule has 6 nitrogen and oxygen atoms in total. The lowest BCUT2D eigenvalue weighted by Crippen LogP contribution is -2.40. The minimum Gasteiger partial charge on any atom is -0.378 e. The van der Waals surface area contributed by atoms with Crippen LogP contribution in [0.1, 0.15) is 71.1 Å². The molecule has 0 aliphatic heterocycles. The molecule has 0 unspecified atom stereocenters. The summed E-state index contributed by atoms with van der Waals surface area (Å²) in [5.74, 6) is 0. The van der Waals surface area contributed by atoms with Crippen LogP contribution < -0.4 is 0 Å². The molecule has 1 N–H and O–H groups in total. The van der Waals surface area contributed by atoms with Gasteiger partial charge in [-0.1, -0.05) is 19.8 Å². The standard InChI is InChI=1S/C18H38N2O4S/c1-4-5-7-14-19(2)15-8-6-9-16-24-18-12-10-17(11-13-18)20(3)25(21,22)23/h17-18H,4-16H2,1-3H3,(H,21,22,23). The SMILES string of the molecule is CCCCCN(C)CCCCCOC1CCC(N(C)S(=O)(=O)O)CC1. The van der Waals surface area contributed by atoms with Crippen molar-refractivity contribution in [3.8, 4) is 0 Å². The highest BCUT2D eigenvalue weighted by Crippen LogP contribution is 2.25. The van der Waals surface area contributed by atoms with Gasteiger partial charge in [0.1, 0.15) is 0 Å². The molecule has 0 bridgehead atoms. The maximum Gasteiger partial charge on any atom is 0.335 e. The van der Waals surface area contributed by atoms with Crippen molar-refractivity contribution >= 4 is 10.3 Å². The van der Waals surface area contributed by atoms with Gasteiger partial charge in [0.2, 0.25) is 0 Å². The molecular weight excluding hydrogens is 340 g/mol. The average molecular weight is 379 g/mol. The van der Waals surface area contributed by atoms with E-state index in [1.807, 2.05) is 0 Å². The van der Waals surface area contributed by atoms with E-state index in [2.05, 4.69) is 18.9 Å². The first-order valence-corrected chi connectivity index (χ1v) is 11.2. The second-order valence-electron chi connectivity index (χ2n) is 7.37. The number of ether oxygens (including phenoxy) is 1. The van der Waals surface area contributed by atoms with Crippen molar-refractivity contribution in [2.75, 3.05) is 33.8 Å². The fraction of sp³-hybridized carbons (Fsp3) is 1.00. The summed E-state index contributed by atoms with van der Waals surface area (Å²) in [5, 5.41) is 0. The summed E-state index contributed by atoms with van der Waals surface area (Å²) in [4.78, 5) is 2.42. The molecular formula is C18H38N2O4S. The van der Waals surface area contributed by atoms with Crippen LogP contribution in [-0.4, -0.2) is 68.1 Å². The van der Waals surface area contributed by atoms with E-state index in [9.17, 15) is 8.42 Å². The predicted molar refractivity (Wildman–Crippen MR) is 102 cm³/mol. The molecule has 0 aromatic rings. The van der Waals surface area contributed by atoms with Crippen LogP contribution in [0.2, 0.25) is 0 Å². The molecule has 150 valence electrons. The number of unbranched alkanes of at least 4 members (excludes halogenated alkanes) is 4. The highest BCUT2D eigenvalue weighted by molar-refractivity contribution is 7.83. The van der Waals surface area contributed by atoms with Crippen molar-refractivity contribution in [1.82, 2.24) is 9.21 Å². The van der Waals surface area contributed by atoms with E-state index in [4.69, 9.17) is 9.29 Å².